The van der Waals surface area contributed by atoms with Crippen molar-refractivity contribution < 1.29 is 85.6 Å². The molecule has 0 unspecified atom stereocenters. The lowest BCUT2D eigenvalue weighted by molar-refractivity contribution is -0.132. The van der Waals surface area contributed by atoms with Gasteiger partial charge < -0.3 is 78.1 Å². The molecule has 24 heteroatoms. The van der Waals surface area contributed by atoms with Crippen LogP contribution in [-0.2, 0) is 82.6 Å². The van der Waals surface area contributed by atoms with E-state index in [-0.39, 0.29) is 45.3 Å². The number of carbonyl (C=O) groups is 6. The van der Waals surface area contributed by atoms with Gasteiger partial charge >= 0.3 is 12.2 Å². The molecule has 1 rings (SSSR count). The summed E-state index contributed by atoms with van der Waals surface area (Å²) in [6, 6.07) is 5.64. The second-order valence-corrected chi connectivity index (χ2v) is 16.1. The minimum Gasteiger partial charge on any atom is -0.445 e. The Hall–Kier alpha value is -4.76. The molecular formula is C46H80N6O18. The SMILES string of the molecule is COCCOCCOCCOCCOCCOCCOCCOCCOCCOCC(=O)NCCCC[C@H](NC(=O)OCc1ccccc1)C(=O)N[C@@H](C)C(=O)N[C@@H](C)C(=O)NNC(=O)OC(C)(C)C. The highest BCUT2D eigenvalue weighted by Crippen LogP contribution is 2.07. The number of alkyl carbamates (subject to hydrolysis) is 1. The highest BCUT2D eigenvalue weighted by molar-refractivity contribution is 5.93. The number of rotatable bonds is 42. The normalized spacial score (nSPS) is 12.5. The molecule has 24 nitrogen and oxygen atoms in total. The quantitative estimate of drug-likeness (QED) is 0.0392. The van der Waals surface area contributed by atoms with E-state index in [4.69, 9.17) is 56.8 Å². The molecule has 0 aliphatic heterocycles. The summed E-state index contributed by atoms with van der Waals surface area (Å²) in [5, 5.41) is 10.3. The summed E-state index contributed by atoms with van der Waals surface area (Å²) < 4.78 is 64.2. The monoisotopic (exact) mass is 1000 g/mol. The average Bonchev–Trinajstić information content (AvgIpc) is 3.32. The fraction of sp³-hybridized carbons (Fsp3) is 0.739. The third-order valence-corrected chi connectivity index (χ3v) is 8.89. The van der Waals surface area contributed by atoms with E-state index in [0.717, 1.165) is 5.56 Å². The van der Waals surface area contributed by atoms with E-state index >= 15 is 0 Å². The van der Waals surface area contributed by atoms with E-state index in [0.29, 0.717) is 119 Å². The third kappa shape index (κ3) is 38.0. The lowest BCUT2D eigenvalue weighted by atomic mass is 10.1. The molecule has 0 saturated heterocycles. The van der Waals surface area contributed by atoms with Gasteiger partial charge in [0.05, 0.1) is 119 Å². The van der Waals surface area contributed by atoms with E-state index in [1.54, 1.807) is 52.1 Å². The van der Waals surface area contributed by atoms with Crippen LogP contribution in [0, 0.1) is 0 Å². The van der Waals surface area contributed by atoms with Crippen molar-refractivity contribution in [2.24, 2.45) is 0 Å². The number of ether oxygens (including phenoxy) is 12. The molecule has 1 aromatic rings. The molecular weight excluding hydrogens is 925 g/mol. The molecule has 3 atom stereocenters. The Morgan fingerprint density at radius 2 is 0.957 bits per heavy atom. The van der Waals surface area contributed by atoms with Gasteiger partial charge in [-0.05, 0) is 59.4 Å². The van der Waals surface area contributed by atoms with Crippen LogP contribution in [0.1, 0.15) is 59.4 Å². The molecule has 0 spiro atoms. The second-order valence-electron chi connectivity index (χ2n) is 16.1. The summed E-state index contributed by atoms with van der Waals surface area (Å²) in [6.07, 6.45) is -0.736. The van der Waals surface area contributed by atoms with Crippen LogP contribution in [0.15, 0.2) is 30.3 Å². The number of hydrogen-bond donors (Lipinski definition) is 6. The lowest BCUT2D eigenvalue weighted by Gasteiger charge is -2.23. The number of nitrogens with one attached hydrogen (secondary N) is 6. The van der Waals surface area contributed by atoms with E-state index < -0.39 is 53.6 Å². The summed E-state index contributed by atoms with van der Waals surface area (Å²) in [4.78, 5) is 75.4. The maximum Gasteiger partial charge on any atom is 0.426 e. The fourth-order valence-electron chi connectivity index (χ4n) is 5.30. The lowest BCUT2D eigenvalue weighted by Crippen LogP contribution is -2.56. The number of hydrazine groups is 1. The van der Waals surface area contributed by atoms with Crippen LogP contribution < -0.4 is 32.1 Å². The van der Waals surface area contributed by atoms with Crippen molar-refractivity contribution in [3.05, 3.63) is 35.9 Å². The van der Waals surface area contributed by atoms with Crippen molar-refractivity contribution in [2.75, 3.05) is 139 Å². The number of unbranched alkanes of at least 4 members (excludes halogenated alkanes) is 1. The average molecular weight is 1010 g/mol. The van der Waals surface area contributed by atoms with Crippen molar-refractivity contribution in [1.29, 1.82) is 0 Å². The summed E-state index contributed by atoms with van der Waals surface area (Å²) in [7, 11) is 1.63. The van der Waals surface area contributed by atoms with Gasteiger partial charge in [0.2, 0.25) is 17.7 Å². The van der Waals surface area contributed by atoms with E-state index in [1.807, 2.05) is 6.07 Å². The highest BCUT2D eigenvalue weighted by Gasteiger charge is 2.27. The molecule has 70 heavy (non-hydrogen) atoms. The predicted octanol–water partition coefficient (Wildman–Crippen LogP) is 0.929. The van der Waals surface area contributed by atoms with E-state index in [2.05, 4.69) is 32.1 Å². The summed E-state index contributed by atoms with van der Waals surface area (Å²) in [6.45, 7) is 15.8. The Morgan fingerprint density at radius 3 is 1.43 bits per heavy atom. The zero-order valence-electron chi connectivity index (χ0n) is 41.9. The van der Waals surface area contributed by atoms with E-state index in [9.17, 15) is 28.8 Å². The minimum absolute atomic E-state index is 0.0334. The molecule has 0 saturated carbocycles. The van der Waals surface area contributed by atoms with Gasteiger partial charge in [-0.2, -0.15) is 0 Å². The van der Waals surface area contributed by atoms with Crippen molar-refractivity contribution in [3.8, 4) is 0 Å². The van der Waals surface area contributed by atoms with Gasteiger partial charge in [0.1, 0.15) is 36.9 Å². The van der Waals surface area contributed by atoms with Crippen molar-refractivity contribution in [1.82, 2.24) is 32.1 Å². The maximum atomic E-state index is 13.3. The molecule has 0 bridgehead atoms. The third-order valence-electron chi connectivity index (χ3n) is 8.89. The Balaban J connectivity index is 2.17. The predicted molar refractivity (Wildman–Crippen MR) is 252 cm³/mol. The second kappa shape index (κ2) is 42.0. The zero-order chi connectivity index (χ0) is 51.5. The molecule has 0 aromatic heterocycles. The number of hydrogen-bond acceptors (Lipinski definition) is 18. The molecule has 1 aromatic carbocycles. The standard InChI is InChI=1S/C46H80N6O18/c1-36(41(54)48-37(2)42(55)51-52-45(58)70-46(3,4)5)49-43(56)39(50-44(57)69-34-38-12-8-7-9-13-38)14-10-11-15-47-40(53)35-68-33-32-67-31-30-66-29-28-65-27-26-64-25-24-63-23-22-62-21-20-61-19-18-60-17-16-59-6/h7-9,12-13,36-37,39H,10-11,14-35H2,1-6H3,(H,47,53)(H,48,54)(H,49,56)(H,50,57)(H,51,55)(H,52,58)/t36-,37-,39-/m0/s1. The summed E-state index contributed by atoms with van der Waals surface area (Å²) in [5.74, 6) is -2.45. The number of carbonyl (C=O) groups excluding carboxylic acids is 6. The van der Waals surface area contributed by atoms with Crippen LogP contribution >= 0.6 is 0 Å². The Bertz CT molecular complexity index is 1540. The minimum atomic E-state index is -1.12. The van der Waals surface area contributed by atoms with Crippen molar-refractivity contribution in [2.45, 2.75) is 84.2 Å². The first-order valence-corrected chi connectivity index (χ1v) is 23.5. The molecule has 0 radical (unpaired) electrons. The van der Waals surface area contributed by atoms with Gasteiger partial charge in [-0.1, -0.05) is 30.3 Å². The fourth-order valence-corrected chi connectivity index (χ4v) is 5.30. The Labute approximate surface area is 412 Å². The zero-order valence-corrected chi connectivity index (χ0v) is 41.9. The van der Waals surface area contributed by atoms with Crippen molar-refractivity contribution >= 4 is 35.8 Å². The van der Waals surface area contributed by atoms with Gasteiger partial charge in [0.15, 0.2) is 0 Å². The Kier molecular flexibility index (Phi) is 37.9. The smallest absolute Gasteiger partial charge is 0.426 e. The Morgan fingerprint density at radius 1 is 0.514 bits per heavy atom. The molecule has 0 aliphatic carbocycles. The van der Waals surface area contributed by atoms with Crippen LogP contribution in [0.2, 0.25) is 0 Å². The topological polar surface area (TPSA) is 285 Å². The first-order valence-electron chi connectivity index (χ1n) is 23.5. The van der Waals surface area contributed by atoms with Crippen LogP contribution in [-0.4, -0.2) is 199 Å². The van der Waals surface area contributed by atoms with Crippen LogP contribution in [0.5, 0.6) is 0 Å². The molecule has 6 amide bonds. The van der Waals surface area contributed by atoms with Crippen LogP contribution in [0.3, 0.4) is 0 Å². The van der Waals surface area contributed by atoms with Crippen LogP contribution in [0.25, 0.3) is 0 Å². The molecule has 0 heterocycles. The number of methoxy groups -OCH3 is 1. The number of amides is 6. The van der Waals surface area contributed by atoms with Gasteiger partial charge in [0, 0.05) is 13.7 Å². The van der Waals surface area contributed by atoms with E-state index in [1.165, 1.54) is 13.8 Å². The van der Waals surface area contributed by atoms with Gasteiger partial charge in [0.25, 0.3) is 5.91 Å². The highest BCUT2D eigenvalue weighted by atomic mass is 16.6. The van der Waals surface area contributed by atoms with Crippen molar-refractivity contribution in [3.63, 3.8) is 0 Å². The molecule has 6 N–H and O–H groups in total. The number of benzene rings is 1. The summed E-state index contributed by atoms with van der Waals surface area (Å²) >= 11 is 0. The first kappa shape index (κ1) is 63.3. The van der Waals surface area contributed by atoms with Gasteiger partial charge in [-0.25, -0.2) is 15.0 Å². The first-order chi connectivity index (χ1) is 33.7. The molecule has 402 valence electrons. The molecule has 0 aliphatic rings. The van der Waals surface area contributed by atoms with Gasteiger partial charge in [-0.15, -0.1) is 0 Å². The largest absolute Gasteiger partial charge is 0.445 e. The van der Waals surface area contributed by atoms with Crippen LogP contribution in [0.4, 0.5) is 9.59 Å². The summed E-state index contributed by atoms with van der Waals surface area (Å²) in [5.41, 5.74) is 4.20. The molecule has 0 fully saturated rings. The maximum absolute atomic E-state index is 13.3. The van der Waals surface area contributed by atoms with Gasteiger partial charge in [-0.3, -0.25) is 24.6 Å².